The van der Waals surface area contributed by atoms with Gasteiger partial charge in [0.05, 0.1) is 0 Å². The molecule has 12 N–H and O–H groups in total. The minimum atomic E-state index is -5.38. The van der Waals surface area contributed by atoms with Crippen molar-refractivity contribution >= 4 is 86.7 Å². The molecule has 26 nitrogen and oxygen atoms in total. The summed E-state index contributed by atoms with van der Waals surface area (Å²) in [6.07, 6.45) is -2.93. The molecule has 0 fully saturated rings. The summed E-state index contributed by atoms with van der Waals surface area (Å²) in [5.41, 5.74) is 1.01. The third-order valence-electron chi connectivity index (χ3n) is 11.5. The van der Waals surface area contributed by atoms with Crippen LogP contribution in [0.25, 0.3) is 10.8 Å². The van der Waals surface area contributed by atoms with Crippen molar-refractivity contribution < 1.29 is 94.8 Å². The molecule has 0 radical (unpaired) electrons. The van der Waals surface area contributed by atoms with Gasteiger partial charge >= 0.3 is 46.4 Å². The lowest BCUT2D eigenvalue weighted by Crippen LogP contribution is -2.53. The molecule has 4 aromatic carbocycles. The summed E-state index contributed by atoms with van der Waals surface area (Å²) in [4.78, 5) is 137. The molecule has 0 aromatic heterocycles. The molecule has 0 aliphatic rings. The first kappa shape index (κ1) is 61.3. The highest BCUT2D eigenvalue weighted by atomic mass is 32.3. The van der Waals surface area contributed by atoms with Crippen LogP contribution in [0.1, 0.15) is 89.6 Å². The summed E-state index contributed by atoms with van der Waals surface area (Å²) >= 11 is 0. The molecule has 0 aliphatic heterocycles. The standard InChI is InChI=1S/C50H56FN7O19S/c51-78(75,76)77-34-16-14-32(15-17-34)43(65)54-36(19-22-41(61)62)47(69)55-35(18-21-40(59)60)45(67)53-27-28-8-12-31(13-9-28)44(66)56-39(26-29-10-11-30-5-1-2-6-33(30)25-29)46(68)52-24-4-3-7-37(48(70)71)57-50(74)58-38(49(72)73)20-23-42(63)64/h1-2,5-6,8-17,25,35-39H,3-4,7,18-24,26-27H2,(H,52,68)(H,53,67)(H,54,65)(H,55,69)(H,56,66)(H,59,60)(H,61,62)(H,63,64)(H,70,71)(H,72,73)(H2,57,58,74)/t35-,36-,37-,38-,39-/m0/s1. The SMILES string of the molecule is O=C(O)CC[C@H](NC(=O)N[C@@H](CCCCNC(=O)[C@H](Cc1ccc2ccccc2c1)NC(=O)c1ccc(CNC(=O)[C@H](CCC(=O)O)NC(=O)[C@H](CCC(=O)O)NC(=O)c2ccc(OS(=O)(=O)F)cc2)cc1)C(=O)O)C(=O)O. The molecule has 0 unspecified atom stereocenters. The van der Waals surface area contributed by atoms with E-state index in [2.05, 4.69) is 36.1 Å². The van der Waals surface area contributed by atoms with Gasteiger partial charge in [0.25, 0.3) is 11.8 Å². The van der Waals surface area contributed by atoms with Crippen molar-refractivity contribution in [2.24, 2.45) is 0 Å². The number of rotatable bonds is 32. The van der Waals surface area contributed by atoms with Gasteiger partial charge in [0.2, 0.25) is 17.7 Å². The molecule has 4 rings (SSSR count). The number of carboxylic acid groups (broad SMARTS) is 5. The second-order valence-electron chi connectivity index (χ2n) is 17.4. The first-order valence-corrected chi connectivity index (χ1v) is 25.1. The van der Waals surface area contributed by atoms with Crippen molar-refractivity contribution in [2.45, 2.75) is 101 Å². The molecule has 5 atom stereocenters. The maximum atomic E-state index is 13.7. The van der Waals surface area contributed by atoms with Crippen LogP contribution in [0.3, 0.4) is 0 Å². The van der Waals surface area contributed by atoms with E-state index in [0.29, 0.717) is 11.1 Å². The van der Waals surface area contributed by atoms with Crippen LogP contribution in [0.2, 0.25) is 0 Å². The number of nitrogens with one attached hydrogen (secondary N) is 7. The molecule has 0 spiro atoms. The number of unbranched alkanes of at least 4 members (excludes halogenated alkanes) is 1. The van der Waals surface area contributed by atoms with Crippen LogP contribution < -0.4 is 41.4 Å². The number of halogens is 1. The summed E-state index contributed by atoms with van der Waals surface area (Å²) in [6, 6.07) is 14.2. The highest BCUT2D eigenvalue weighted by Gasteiger charge is 2.30. The minimum absolute atomic E-state index is 0.00903. The van der Waals surface area contributed by atoms with Gasteiger partial charge in [-0.3, -0.25) is 38.4 Å². The summed E-state index contributed by atoms with van der Waals surface area (Å²) in [7, 11) is -5.38. The minimum Gasteiger partial charge on any atom is -0.481 e. The number of urea groups is 1. The second-order valence-corrected chi connectivity index (χ2v) is 18.4. The smallest absolute Gasteiger partial charge is 0.481 e. The highest BCUT2D eigenvalue weighted by Crippen LogP contribution is 2.19. The molecular formula is C50H56FN7O19S. The van der Waals surface area contributed by atoms with Gasteiger partial charge in [0.15, 0.2) is 0 Å². The number of carbonyl (C=O) groups is 11. The van der Waals surface area contributed by atoms with Crippen molar-refractivity contribution in [3.05, 3.63) is 113 Å². The number of hydrogen-bond acceptors (Lipinski definition) is 14. The zero-order valence-corrected chi connectivity index (χ0v) is 42.1. The fraction of sp³-hybridized carbons (Fsp3) is 0.340. The van der Waals surface area contributed by atoms with Crippen LogP contribution in [0.5, 0.6) is 5.75 Å². The number of benzene rings is 4. The normalized spacial score (nSPS) is 12.9. The van der Waals surface area contributed by atoms with Gasteiger partial charge in [-0.1, -0.05) is 58.5 Å². The monoisotopic (exact) mass is 1110 g/mol. The molecule has 0 aliphatic carbocycles. The first-order valence-electron chi connectivity index (χ1n) is 23.8. The van der Waals surface area contributed by atoms with E-state index in [9.17, 15) is 85.5 Å². The number of fused-ring (bicyclic) bond motifs is 1. The number of carbonyl (C=O) groups excluding carboxylic acids is 6. The molecule has 0 heterocycles. The number of aliphatic carboxylic acids is 5. The Morgan fingerprint density at radius 1 is 0.487 bits per heavy atom. The topological polar surface area (TPSA) is 416 Å². The molecule has 7 amide bonds. The molecule has 0 saturated carbocycles. The van der Waals surface area contributed by atoms with Crippen LogP contribution in [-0.4, -0.2) is 136 Å². The predicted molar refractivity (Wildman–Crippen MR) is 269 cm³/mol. The highest BCUT2D eigenvalue weighted by molar-refractivity contribution is 7.81. The van der Waals surface area contributed by atoms with Gasteiger partial charge in [-0.15, -0.1) is 0 Å². The number of hydrogen-bond donors (Lipinski definition) is 12. The van der Waals surface area contributed by atoms with Gasteiger partial charge < -0.3 is 66.9 Å². The van der Waals surface area contributed by atoms with Crippen LogP contribution in [0.4, 0.5) is 8.68 Å². The summed E-state index contributed by atoms with van der Waals surface area (Å²) < 4.78 is 38.6. The van der Waals surface area contributed by atoms with Gasteiger partial charge in [-0.05, 0) is 96.8 Å². The van der Waals surface area contributed by atoms with Crippen molar-refractivity contribution in [2.75, 3.05) is 6.54 Å². The first-order chi connectivity index (χ1) is 36.9. The van der Waals surface area contributed by atoms with E-state index < -0.39 is 150 Å². The molecular weight excluding hydrogens is 1050 g/mol. The Bertz CT molecular complexity index is 2960. The quantitative estimate of drug-likeness (QED) is 0.0245. The zero-order valence-electron chi connectivity index (χ0n) is 41.3. The Balaban J connectivity index is 1.39. The Morgan fingerprint density at radius 2 is 0.962 bits per heavy atom. The molecule has 0 bridgehead atoms. The van der Waals surface area contributed by atoms with Gasteiger partial charge in [-0.25, -0.2) is 14.4 Å². The van der Waals surface area contributed by atoms with Crippen LogP contribution >= 0.6 is 0 Å². The summed E-state index contributed by atoms with van der Waals surface area (Å²) in [5, 5.41) is 65.1. The lowest BCUT2D eigenvalue weighted by Gasteiger charge is -2.23. The van der Waals surface area contributed by atoms with Gasteiger partial charge in [0.1, 0.15) is 36.0 Å². The molecule has 0 saturated heterocycles. The third kappa shape index (κ3) is 21.6. The van der Waals surface area contributed by atoms with Crippen molar-refractivity contribution in [3.63, 3.8) is 0 Å². The summed E-state index contributed by atoms with van der Waals surface area (Å²) in [6.45, 7) is -0.207. The van der Waals surface area contributed by atoms with Crippen LogP contribution in [-0.2, 0) is 61.8 Å². The number of amides is 7. The van der Waals surface area contributed by atoms with E-state index in [1.807, 2.05) is 41.7 Å². The molecule has 28 heteroatoms. The lowest BCUT2D eigenvalue weighted by atomic mass is 10.0. The molecule has 418 valence electrons. The molecule has 78 heavy (non-hydrogen) atoms. The molecule has 4 aromatic rings. The van der Waals surface area contributed by atoms with E-state index in [0.717, 1.165) is 35.0 Å². The average molecular weight is 1110 g/mol. The van der Waals surface area contributed by atoms with Gasteiger partial charge in [-0.2, -0.15) is 8.42 Å². The Morgan fingerprint density at radius 3 is 1.50 bits per heavy atom. The van der Waals surface area contributed by atoms with E-state index in [1.54, 1.807) is 6.07 Å². The van der Waals surface area contributed by atoms with Gasteiger partial charge in [0, 0.05) is 49.9 Å². The lowest BCUT2D eigenvalue weighted by molar-refractivity contribution is -0.141. The van der Waals surface area contributed by atoms with Crippen molar-refractivity contribution in [1.82, 2.24) is 37.2 Å². The Kier molecular flexibility index (Phi) is 23.4. The van der Waals surface area contributed by atoms with E-state index in [4.69, 9.17) is 5.11 Å². The average Bonchev–Trinajstić information content (AvgIpc) is 3.38. The van der Waals surface area contributed by atoms with E-state index in [-0.39, 0.29) is 49.9 Å². The zero-order chi connectivity index (χ0) is 57.5. The van der Waals surface area contributed by atoms with E-state index >= 15 is 0 Å². The predicted octanol–water partition coefficient (Wildman–Crippen LogP) is 1.76. The largest absolute Gasteiger partial charge is 0.488 e. The summed E-state index contributed by atoms with van der Waals surface area (Å²) in [5.74, 6) is -11.6. The second kappa shape index (κ2) is 29.8. The Labute approximate surface area is 443 Å². The number of carboxylic acids is 5. The maximum absolute atomic E-state index is 13.7. The third-order valence-corrected chi connectivity index (χ3v) is 11.9. The van der Waals surface area contributed by atoms with Crippen molar-refractivity contribution in [1.29, 1.82) is 0 Å². The fourth-order valence-electron chi connectivity index (χ4n) is 7.45. The van der Waals surface area contributed by atoms with Crippen LogP contribution in [0, 0.1) is 0 Å². The Hall–Kier alpha value is -9.21. The maximum Gasteiger partial charge on any atom is 0.488 e. The van der Waals surface area contributed by atoms with E-state index in [1.165, 1.54) is 24.3 Å². The fourth-order valence-corrected chi connectivity index (χ4v) is 7.79. The van der Waals surface area contributed by atoms with Crippen molar-refractivity contribution in [3.8, 4) is 5.75 Å². The van der Waals surface area contributed by atoms with Crippen LogP contribution in [0.15, 0.2) is 91.0 Å².